The van der Waals surface area contributed by atoms with Crippen molar-refractivity contribution in [2.45, 2.75) is 39.5 Å². The second-order valence-electron chi connectivity index (χ2n) is 6.13. The van der Waals surface area contributed by atoms with Gasteiger partial charge in [0.25, 0.3) is 0 Å². The first-order valence-electron chi connectivity index (χ1n) is 8.43. The number of methoxy groups -OCH3 is 1. The van der Waals surface area contributed by atoms with Crippen molar-refractivity contribution in [2.75, 3.05) is 33.4 Å². The topological polar surface area (TPSA) is 65.1 Å². The Morgan fingerprint density at radius 1 is 1.26 bits per heavy atom. The van der Waals surface area contributed by atoms with Gasteiger partial charge in [-0.25, -0.2) is 4.79 Å². The molecular formula is C16H28NO5P. The molecule has 1 aliphatic heterocycles. The summed E-state index contributed by atoms with van der Waals surface area (Å²) in [7, 11) is -1.69. The van der Waals surface area contributed by atoms with Crippen molar-refractivity contribution in [2.24, 2.45) is 11.8 Å². The highest BCUT2D eigenvalue weighted by Crippen LogP contribution is 2.52. The zero-order valence-electron chi connectivity index (χ0n) is 14.3. The molecule has 2 fully saturated rings. The molecule has 0 N–H and O–H groups in total. The summed E-state index contributed by atoms with van der Waals surface area (Å²) in [6, 6.07) is 0. The number of carbonyl (C=O) groups excluding carboxylic acids is 1. The third-order valence-electron chi connectivity index (χ3n) is 4.64. The lowest BCUT2D eigenvalue weighted by Crippen LogP contribution is -2.44. The second-order valence-corrected chi connectivity index (χ2v) is 7.98. The van der Waals surface area contributed by atoms with Crippen molar-refractivity contribution in [3.8, 4) is 0 Å². The molecule has 1 saturated heterocycles. The molecule has 0 bridgehead atoms. The summed E-state index contributed by atoms with van der Waals surface area (Å²) in [5, 5.41) is 0. The Morgan fingerprint density at radius 2 is 1.96 bits per heavy atom. The number of amides is 1. The molecule has 0 aromatic rings. The maximum atomic E-state index is 12.6. The third kappa shape index (κ3) is 4.82. The lowest BCUT2D eigenvalue weighted by Gasteiger charge is -2.41. The zero-order valence-corrected chi connectivity index (χ0v) is 15.2. The number of ether oxygens (including phenoxy) is 1. The Kier molecular flexibility index (Phi) is 6.69. The van der Waals surface area contributed by atoms with Gasteiger partial charge >= 0.3 is 13.7 Å². The van der Waals surface area contributed by atoms with Crippen LogP contribution in [-0.2, 0) is 18.3 Å². The lowest BCUT2D eigenvalue weighted by molar-refractivity contribution is 0.0745. The summed E-state index contributed by atoms with van der Waals surface area (Å²) in [4.78, 5) is 13.5. The molecule has 1 aliphatic carbocycles. The summed E-state index contributed by atoms with van der Waals surface area (Å²) in [6.07, 6.45) is 3.54. The van der Waals surface area contributed by atoms with Crippen LogP contribution >= 0.6 is 7.60 Å². The first kappa shape index (κ1) is 18.5. The summed E-state index contributed by atoms with van der Waals surface area (Å²) >= 11 is 0. The van der Waals surface area contributed by atoms with E-state index in [0.29, 0.717) is 25.0 Å². The van der Waals surface area contributed by atoms with Gasteiger partial charge in [0.1, 0.15) is 0 Å². The van der Waals surface area contributed by atoms with E-state index in [1.807, 2.05) is 13.8 Å². The number of rotatable bonds is 5. The van der Waals surface area contributed by atoms with Crippen LogP contribution in [0.15, 0.2) is 11.4 Å². The van der Waals surface area contributed by atoms with Gasteiger partial charge in [-0.3, -0.25) is 4.57 Å². The molecule has 6 nitrogen and oxygen atoms in total. The monoisotopic (exact) mass is 345 g/mol. The van der Waals surface area contributed by atoms with Crippen LogP contribution in [0.5, 0.6) is 0 Å². The average Bonchev–Trinajstić information content (AvgIpc) is 2.53. The van der Waals surface area contributed by atoms with Gasteiger partial charge in [0.15, 0.2) is 0 Å². The summed E-state index contributed by atoms with van der Waals surface area (Å²) in [5.41, 5.74) is 1.17. The minimum absolute atomic E-state index is 0.234. The fourth-order valence-electron chi connectivity index (χ4n) is 3.59. The van der Waals surface area contributed by atoms with E-state index in [1.165, 1.54) is 12.7 Å². The lowest BCUT2D eigenvalue weighted by atomic mass is 9.73. The Bertz CT molecular complexity index is 483. The Labute approximate surface area is 138 Å². The quantitative estimate of drug-likeness (QED) is 0.704. The van der Waals surface area contributed by atoms with Crippen molar-refractivity contribution in [3.63, 3.8) is 0 Å². The maximum absolute atomic E-state index is 12.6. The molecule has 1 saturated carbocycles. The van der Waals surface area contributed by atoms with Crippen LogP contribution < -0.4 is 0 Å². The maximum Gasteiger partial charge on any atom is 0.409 e. The standard InChI is InChI=1S/C16H28NO5P/c1-4-21-23(19,22-5-2)12-13-6-7-15-11-17(16(18)20-3)9-8-14(15)10-13/h12,14-15H,4-11H2,1-3H3/t14-,15-/m0/s1. The van der Waals surface area contributed by atoms with E-state index in [1.54, 1.807) is 10.7 Å². The molecule has 132 valence electrons. The highest BCUT2D eigenvalue weighted by Gasteiger charge is 2.35. The number of nitrogens with zero attached hydrogens (tertiary/aromatic N) is 1. The van der Waals surface area contributed by atoms with Crippen LogP contribution in [-0.4, -0.2) is 44.4 Å². The number of hydrogen-bond acceptors (Lipinski definition) is 5. The number of fused-ring (bicyclic) bond motifs is 1. The van der Waals surface area contributed by atoms with Crippen molar-refractivity contribution in [1.82, 2.24) is 4.90 Å². The smallest absolute Gasteiger partial charge is 0.409 e. The fourth-order valence-corrected chi connectivity index (χ4v) is 5.22. The van der Waals surface area contributed by atoms with Crippen molar-refractivity contribution in [3.05, 3.63) is 11.4 Å². The first-order valence-corrected chi connectivity index (χ1v) is 10.0. The first-order chi connectivity index (χ1) is 11.0. The van der Waals surface area contributed by atoms with Gasteiger partial charge in [-0.05, 0) is 51.4 Å². The molecule has 2 rings (SSSR count). The minimum atomic E-state index is -3.11. The van der Waals surface area contributed by atoms with Gasteiger partial charge < -0.3 is 18.7 Å². The SMILES string of the molecule is CCOP(=O)(C=C1CC[C@H]2CN(C(=O)OC)CC[C@H]2C1)OCC. The van der Waals surface area contributed by atoms with E-state index in [4.69, 9.17) is 13.8 Å². The van der Waals surface area contributed by atoms with E-state index in [2.05, 4.69) is 0 Å². The Balaban J connectivity index is 2.00. The predicted octanol–water partition coefficient (Wildman–Crippen LogP) is 4.02. The molecule has 2 aliphatic rings. The van der Waals surface area contributed by atoms with Gasteiger partial charge in [-0.1, -0.05) is 5.57 Å². The Morgan fingerprint density at radius 3 is 2.57 bits per heavy atom. The highest BCUT2D eigenvalue weighted by atomic mass is 31.2. The minimum Gasteiger partial charge on any atom is -0.453 e. The fraction of sp³-hybridized carbons (Fsp3) is 0.812. The van der Waals surface area contributed by atoms with E-state index >= 15 is 0 Å². The zero-order chi connectivity index (χ0) is 16.9. The molecule has 0 aromatic carbocycles. The second kappa shape index (κ2) is 8.32. The van der Waals surface area contributed by atoms with E-state index in [9.17, 15) is 9.36 Å². The van der Waals surface area contributed by atoms with Crippen LogP contribution in [0.2, 0.25) is 0 Å². The van der Waals surface area contributed by atoms with Crippen LogP contribution in [0.4, 0.5) is 4.79 Å². The van der Waals surface area contributed by atoms with Gasteiger partial charge in [0.05, 0.1) is 20.3 Å². The number of carbonyl (C=O) groups is 1. The molecule has 1 heterocycles. The molecule has 1 amide bonds. The molecule has 2 atom stereocenters. The summed E-state index contributed by atoms with van der Waals surface area (Å²) in [6.45, 7) is 5.89. The van der Waals surface area contributed by atoms with Gasteiger partial charge in [0.2, 0.25) is 0 Å². The van der Waals surface area contributed by atoms with Crippen molar-refractivity contribution in [1.29, 1.82) is 0 Å². The number of piperidine rings is 1. The number of hydrogen-bond donors (Lipinski definition) is 0. The van der Waals surface area contributed by atoms with Crippen LogP contribution in [0.25, 0.3) is 0 Å². The van der Waals surface area contributed by atoms with Gasteiger partial charge in [-0.2, -0.15) is 0 Å². The molecule has 0 unspecified atom stereocenters. The molecule has 7 heteroatoms. The average molecular weight is 345 g/mol. The van der Waals surface area contributed by atoms with Crippen LogP contribution in [0.3, 0.4) is 0 Å². The molecular weight excluding hydrogens is 317 g/mol. The van der Waals surface area contributed by atoms with E-state index < -0.39 is 7.60 Å². The van der Waals surface area contributed by atoms with Crippen molar-refractivity contribution >= 4 is 13.7 Å². The van der Waals surface area contributed by atoms with Gasteiger partial charge in [0, 0.05) is 18.9 Å². The van der Waals surface area contributed by atoms with Crippen LogP contribution in [0, 0.1) is 11.8 Å². The molecule has 0 aromatic heterocycles. The molecule has 0 spiro atoms. The van der Waals surface area contributed by atoms with Crippen molar-refractivity contribution < 1.29 is 23.1 Å². The predicted molar refractivity (Wildman–Crippen MR) is 88.4 cm³/mol. The summed E-state index contributed by atoms with van der Waals surface area (Å²) in [5.74, 6) is 2.77. The Hall–Kier alpha value is -0.840. The van der Waals surface area contributed by atoms with Crippen LogP contribution in [0.1, 0.15) is 39.5 Å². The highest BCUT2D eigenvalue weighted by molar-refractivity contribution is 7.57. The molecule has 0 radical (unpaired) electrons. The summed E-state index contributed by atoms with van der Waals surface area (Å²) < 4.78 is 28.2. The number of allylic oxidation sites excluding steroid dienone is 1. The normalized spacial score (nSPS) is 26.9. The third-order valence-corrected chi connectivity index (χ3v) is 6.56. The van der Waals surface area contributed by atoms with E-state index in [0.717, 1.165) is 38.8 Å². The largest absolute Gasteiger partial charge is 0.453 e. The number of likely N-dealkylation sites (tertiary alicyclic amines) is 1. The van der Waals surface area contributed by atoms with Gasteiger partial charge in [-0.15, -0.1) is 0 Å². The molecule has 23 heavy (non-hydrogen) atoms. The van der Waals surface area contributed by atoms with E-state index in [-0.39, 0.29) is 6.09 Å².